The van der Waals surface area contributed by atoms with Gasteiger partial charge in [0, 0.05) is 32.4 Å². The maximum absolute atomic E-state index is 13.7. The van der Waals surface area contributed by atoms with Crippen LogP contribution in [0.3, 0.4) is 0 Å². The minimum absolute atomic E-state index is 0.0432. The molecular formula is C46H82N2O8Si. The number of aliphatic hydroxyl groups excluding tert-OH is 1. The first kappa shape index (κ1) is 49.5. The van der Waals surface area contributed by atoms with Gasteiger partial charge in [-0.3, -0.25) is 14.4 Å². The molecule has 3 aliphatic heterocycles. The maximum atomic E-state index is 13.7. The Morgan fingerprint density at radius 3 is 2.30 bits per heavy atom. The van der Waals surface area contributed by atoms with Gasteiger partial charge in [-0.05, 0) is 126 Å². The molecule has 3 heterocycles. The maximum Gasteiger partial charge on any atom is 0.225 e. The molecule has 11 heteroatoms. The van der Waals surface area contributed by atoms with Gasteiger partial charge in [0.05, 0.1) is 49.0 Å². The Bertz CT molecular complexity index is 1340. The molecule has 0 radical (unpaired) electrons. The second-order valence-electron chi connectivity index (χ2n) is 19.5. The van der Waals surface area contributed by atoms with Crippen molar-refractivity contribution < 1.29 is 38.1 Å². The molecule has 0 saturated carbocycles. The summed E-state index contributed by atoms with van der Waals surface area (Å²) in [6.45, 7) is 25.8. The summed E-state index contributed by atoms with van der Waals surface area (Å²) >= 11 is 0. The second-order valence-corrected chi connectivity index (χ2v) is 24.3. The number of amides is 2. The molecule has 11 atom stereocenters. The molecule has 57 heavy (non-hydrogen) atoms. The van der Waals surface area contributed by atoms with E-state index in [2.05, 4.69) is 71.3 Å². The van der Waals surface area contributed by atoms with E-state index in [0.29, 0.717) is 24.8 Å². The smallest absolute Gasteiger partial charge is 0.225 e. The molecule has 0 bridgehead atoms. The third-order valence-electron chi connectivity index (χ3n) is 13.4. The zero-order valence-electron chi connectivity index (χ0n) is 37.9. The van der Waals surface area contributed by atoms with Crippen molar-refractivity contribution in [3.63, 3.8) is 0 Å². The van der Waals surface area contributed by atoms with Crippen LogP contribution < -0.4 is 10.6 Å². The van der Waals surface area contributed by atoms with Crippen molar-refractivity contribution in [2.24, 2.45) is 23.7 Å². The number of hydrogen-bond acceptors (Lipinski definition) is 8. The molecular weight excluding hydrogens is 737 g/mol. The van der Waals surface area contributed by atoms with Crippen LogP contribution in [0.2, 0.25) is 18.1 Å². The molecule has 10 nitrogen and oxygen atoms in total. The fourth-order valence-electron chi connectivity index (χ4n) is 8.19. The second kappa shape index (κ2) is 22.6. The Kier molecular flexibility index (Phi) is 19.6. The molecule has 3 saturated heterocycles. The number of rotatable bonds is 20. The highest BCUT2D eigenvalue weighted by Gasteiger charge is 2.45. The largest absolute Gasteiger partial charge is 0.411 e. The number of allylic oxidation sites excluding steroid dienone is 3. The quantitative estimate of drug-likeness (QED) is 0.0481. The zero-order valence-corrected chi connectivity index (χ0v) is 38.9. The van der Waals surface area contributed by atoms with Crippen LogP contribution in [0.1, 0.15) is 153 Å². The lowest BCUT2D eigenvalue weighted by Crippen LogP contribution is -2.52. The van der Waals surface area contributed by atoms with Crippen molar-refractivity contribution in [2.45, 2.75) is 213 Å². The van der Waals surface area contributed by atoms with E-state index in [9.17, 15) is 19.5 Å². The fourth-order valence-corrected chi connectivity index (χ4v) is 9.59. The highest BCUT2D eigenvalue weighted by molar-refractivity contribution is 6.74. The zero-order chi connectivity index (χ0) is 42.6. The van der Waals surface area contributed by atoms with Crippen molar-refractivity contribution in [3.05, 3.63) is 23.8 Å². The SMILES string of the molecule is C/C=C/C(=O)C[C@H]1CC[C@H](C)[C@@H](CC(=O)NC[C@@H](O[Si](C)(C)C(C)(C)C)[C@H](C)C(=O)NCCC[C@H]2O[C@@]3(CCC[C@@H](CC[C@H](C)/C=C(\C)[C@H](C)O)O3)CC[C@@H]2C)O1. The van der Waals surface area contributed by atoms with E-state index in [1.807, 2.05) is 27.7 Å². The summed E-state index contributed by atoms with van der Waals surface area (Å²) in [5.74, 6) is -0.138. The predicted octanol–water partition coefficient (Wildman–Crippen LogP) is 8.96. The van der Waals surface area contributed by atoms with E-state index in [1.165, 1.54) is 0 Å². The average Bonchev–Trinajstić information content (AvgIpc) is 3.13. The number of nitrogens with one attached hydrogen (secondary N) is 2. The van der Waals surface area contributed by atoms with Crippen LogP contribution in [0.15, 0.2) is 23.8 Å². The predicted molar refractivity (Wildman–Crippen MR) is 231 cm³/mol. The minimum Gasteiger partial charge on any atom is -0.411 e. The monoisotopic (exact) mass is 819 g/mol. The fraction of sp³-hybridized carbons (Fsp3) is 0.848. The van der Waals surface area contributed by atoms with Gasteiger partial charge >= 0.3 is 0 Å². The van der Waals surface area contributed by atoms with E-state index in [0.717, 1.165) is 76.2 Å². The molecule has 0 aromatic heterocycles. The number of carbonyl (C=O) groups is 3. The van der Waals surface area contributed by atoms with E-state index in [4.69, 9.17) is 18.6 Å². The summed E-state index contributed by atoms with van der Waals surface area (Å²) in [5, 5.41) is 16.1. The average molecular weight is 819 g/mol. The third kappa shape index (κ3) is 15.9. The van der Waals surface area contributed by atoms with Crippen LogP contribution in [-0.4, -0.2) is 86.5 Å². The molecule has 0 aromatic carbocycles. The molecule has 3 aliphatic rings. The summed E-state index contributed by atoms with van der Waals surface area (Å²) in [7, 11) is -2.28. The van der Waals surface area contributed by atoms with Crippen LogP contribution in [0.4, 0.5) is 0 Å². The molecule has 3 rings (SSSR count). The summed E-state index contributed by atoms with van der Waals surface area (Å²) in [6, 6.07) is 0. The van der Waals surface area contributed by atoms with Crippen molar-refractivity contribution in [2.75, 3.05) is 13.1 Å². The van der Waals surface area contributed by atoms with Crippen LogP contribution in [-0.2, 0) is 33.0 Å². The van der Waals surface area contributed by atoms with Gasteiger partial charge in [-0.1, -0.05) is 60.6 Å². The van der Waals surface area contributed by atoms with E-state index in [1.54, 1.807) is 12.2 Å². The molecule has 328 valence electrons. The standard InChI is InChI=1S/C46H82N2O8Si/c1-13-16-37(50)28-39-22-20-32(3)41(53-39)29-43(51)48-30-42(56-57(11,12)45(8,9)10)35(6)44(52)47-26-15-18-40-33(4)23-25-46(55-40)24-14-17-38(54-46)21-19-31(2)27-34(5)36(7)49/h13,16,27,31-33,35-36,38-42,49H,14-15,17-26,28-30H2,1-12H3,(H,47,52)(H,48,51)/b16-13+,34-27+/t31-,32-,33-,35-,36-,38-,39+,40+,41+,42+,46-/m0/s1. The van der Waals surface area contributed by atoms with Crippen molar-refractivity contribution in [1.82, 2.24) is 10.6 Å². The lowest BCUT2D eigenvalue weighted by molar-refractivity contribution is -0.324. The van der Waals surface area contributed by atoms with Crippen molar-refractivity contribution >= 4 is 25.9 Å². The molecule has 3 N–H and O–H groups in total. The van der Waals surface area contributed by atoms with Crippen LogP contribution in [0.5, 0.6) is 0 Å². The Balaban J connectivity index is 1.53. The topological polar surface area (TPSA) is 132 Å². The van der Waals surface area contributed by atoms with E-state index >= 15 is 0 Å². The van der Waals surface area contributed by atoms with Gasteiger partial charge in [0.25, 0.3) is 0 Å². The molecule has 3 fully saturated rings. The Morgan fingerprint density at radius 1 is 0.930 bits per heavy atom. The number of hydrogen-bond donors (Lipinski definition) is 3. The Morgan fingerprint density at radius 2 is 1.63 bits per heavy atom. The first-order valence-electron chi connectivity index (χ1n) is 22.4. The van der Waals surface area contributed by atoms with Crippen molar-refractivity contribution in [1.29, 1.82) is 0 Å². The van der Waals surface area contributed by atoms with E-state index < -0.39 is 32.2 Å². The van der Waals surface area contributed by atoms with Crippen LogP contribution >= 0.6 is 0 Å². The molecule has 0 aromatic rings. The van der Waals surface area contributed by atoms with Gasteiger partial charge in [0.1, 0.15) is 0 Å². The first-order chi connectivity index (χ1) is 26.6. The van der Waals surface area contributed by atoms with Crippen molar-refractivity contribution in [3.8, 4) is 0 Å². The minimum atomic E-state index is -2.28. The van der Waals surface area contributed by atoms with E-state index in [-0.39, 0.29) is 65.9 Å². The Hall–Kier alpha value is -1.89. The van der Waals surface area contributed by atoms with Gasteiger partial charge in [0.2, 0.25) is 11.8 Å². The van der Waals surface area contributed by atoms with Gasteiger partial charge in [-0.15, -0.1) is 0 Å². The molecule has 2 amide bonds. The number of aliphatic hydroxyl groups is 1. The lowest BCUT2D eigenvalue weighted by atomic mass is 9.85. The summed E-state index contributed by atoms with van der Waals surface area (Å²) in [5.41, 5.74) is 1.02. The summed E-state index contributed by atoms with van der Waals surface area (Å²) in [6.07, 6.45) is 15.4. The third-order valence-corrected chi connectivity index (χ3v) is 17.9. The molecule has 1 spiro atoms. The van der Waals surface area contributed by atoms with Crippen LogP contribution in [0.25, 0.3) is 0 Å². The van der Waals surface area contributed by atoms with Gasteiger partial charge in [-0.25, -0.2) is 0 Å². The normalized spacial score (nSPS) is 29.8. The van der Waals surface area contributed by atoms with Gasteiger partial charge in [0.15, 0.2) is 19.9 Å². The number of carbonyl (C=O) groups excluding carboxylic acids is 3. The summed E-state index contributed by atoms with van der Waals surface area (Å²) < 4.78 is 26.6. The summed E-state index contributed by atoms with van der Waals surface area (Å²) in [4.78, 5) is 39.2. The molecule has 0 aliphatic carbocycles. The number of ketones is 1. The van der Waals surface area contributed by atoms with Gasteiger partial charge in [-0.2, -0.15) is 0 Å². The van der Waals surface area contributed by atoms with Gasteiger partial charge < -0.3 is 34.4 Å². The highest BCUT2D eigenvalue weighted by atomic mass is 28.4. The number of ether oxygens (including phenoxy) is 3. The van der Waals surface area contributed by atoms with Crippen LogP contribution in [0, 0.1) is 23.7 Å². The lowest BCUT2D eigenvalue weighted by Gasteiger charge is -2.48. The first-order valence-corrected chi connectivity index (χ1v) is 25.3. The molecule has 0 unspecified atom stereocenters. The Labute approximate surface area is 347 Å². The highest BCUT2D eigenvalue weighted by Crippen LogP contribution is 2.43.